The average molecular weight is 387 g/mol. The molecule has 1 saturated heterocycles. The van der Waals surface area contributed by atoms with Crippen LogP contribution in [0.15, 0.2) is 29.3 Å². The number of carbonyl (C=O) groups is 1. The monoisotopic (exact) mass is 386 g/mol. The van der Waals surface area contributed by atoms with Gasteiger partial charge in [-0.15, -0.1) is 0 Å². The van der Waals surface area contributed by atoms with E-state index in [0.29, 0.717) is 18.4 Å². The lowest BCUT2D eigenvalue weighted by molar-refractivity contribution is -0.119. The number of primary amides is 1. The molecule has 1 saturated carbocycles. The van der Waals surface area contributed by atoms with Crippen LogP contribution < -0.4 is 15.8 Å². The first kappa shape index (κ1) is 20.5. The Morgan fingerprint density at radius 3 is 2.64 bits per heavy atom. The van der Waals surface area contributed by atoms with Crippen molar-refractivity contribution in [3.63, 3.8) is 0 Å². The van der Waals surface area contributed by atoms with Crippen molar-refractivity contribution in [2.45, 2.75) is 57.5 Å². The smallest absolute Gasteiger partial charge is 0.217 e. The Morgan fingerprint density at radius 1 is 1.21 bits per heavy atom. The second-order valence-electron chi connectivity index (χ2n) is 8.02. The fourth-order valence-electron chi connectivity index (χ4n) is 4.29. The molecule has 1 heterocycles. The van der Waals surface area contributed by atoms with Crippen LogP contribution in [0, 0.1) is 5.92 Å². The van der Waals surface area contributed by atoms with Crippen LogP contribution in [0.4, 0.5) is 0 Å². The van der Waals surface area contributed by atoms with Gasteiger partial charge in [0.1, 0.15) is 5.75 Å². The van der Waals surface area contributed by atoms with Crippen molar-refractivity contribution in [1.82, 2.24) is 10.2 Å². The van der Waals surface area contributed by atoms with E-state index in [2.05, 4.69) is 39.5 Å². The summed E-state index contributed by atoms with van der Waals surface area (Å²) in [5.74, 6) is 2.01. The summed E-state index contributed by atoms with van der Waals surface area (Å²) >= 11 is 0. The molecular weight excluding hydrogens is 352 g/mol. The molecule has 1 aliphatic carbocycles. The normalized spacial score (nSPS) is 21.0. The van der Waals surface area contributed by atoms with Crippen LogP contribution in [0.1, 0.15) is 50.5 Å². The van der Waals surface area contributed by atoms with Crippen molar-refractivity contribution in [3.05, 3.63) is 29.8 Å². The second-order valence-corrected chi connectivity index (χ2v) is 8.02. The standard InChI is InChI=1S/C22H34N4O2/c1-24-22(26-14-4-5-18(16-26)15-21(23)27)25-13-12-17-8-10-20(11-9-17)28-19-6-2-3-7-19/h8-11,18-19H,2-7,12-16H2,1H3,(H2,23,27)(H,24,25). The molecule has 2 fully saturated rings. The van der Waals surface area contributed by atoms with Gasteiger partial charge in [-0.2, -0.15) is 0 Å². The Hall–Kier alpha value is -2.24. The quantitative estimate of drug-likeness (QED) is 0.558. The molecule has 154 valence electrons. The molecule has 3 rings (SSSR count). The van der Waals surface area contributed by atoms with Gasteiger partial charge in [0.05, 0.1) is 6.10 Å². The highest BCUT2D eigenvalue weighted by molar-refractivity contribution is 5.80. The molecule has 1 aliphatic heterocycles. The number of nitrogens with one attached hydrogen (secondary N) is 1. The molecule has 1 aromatic carbocycles. The minimum absolute atomic E-state index is 0.213. The molecule has 6 heteroatoms. The first-order valence-corrected chi connectivity index (χ1v) is 10.6. The highest BCUT2D eigenvalue weighted by Crippen LogP contribution is 2.24. The summed E-state index contributed by atoms with van der Waals surface area (Å²) in [4.78, 5) is 17.9. The number of likely N-dealkylation sites (tertiary alicyclic amines) is 1. The van der Waals surface area contributed by atoms with Gasteiger partial charge in [-0.3, -0.25) is 9.79 Å². The third-order valence-electron chi connectivity index (χ3n) is 5.75. The van der Waals surface area contributed by atoms with Gasteiger partial charge in [0.2, 0.25) is 5.91 Å². The third kappa shape index (κ3) is 6.14. The van der Waals surface area contributed by atoms with Crippen LogP contribution in [0.2, 0.25) is 0 Å². The first-order chi connectivity index (χ1) is 13.6. The molecule has 0 spiro atoms. The fourth-order valence-corrected chi connectivity index (χ4v) is 4.29. The topological polar surface area (TPSA) is 80.0 Å². The van der Waals surface area contributed by atoms with Crippen molar-refractivity contribution in [2.24, 2.45) is 16.6 Å². The summed E-state index contributed by atoms with van der Waals surface area (Å²) in [6.45, 7) is 2.64. The Labute approximate surface area is 168 Å². The summed E-state index contributed by atoms with van der Waals surface area (Å²) in [5, 5.41) is 3.46. The number of nitrogens with two attached hydrogens (primary N) is 1. The summed E-state index contributed by atoms with van der Waals surface area (Å²) in [7, 11) is 1.81. The fraction of sp³-hybridized carbons (Fsp3) is 0.636. The maximum Gasteiger partial charge on any atom is 0.217 e. The number of piperidine rings is 1. The number of guanidine groups is 1. The predicted octanol–water partition coefficient (Wildman–Crippen LogP) is 2.71. The maximum absolute atomic E-state index is 11.2. The number of aliphatic imine (C=N–C) groups is 1. The number of nitrogens with zero attached hydrogens (tertiary/aromatic N) is 2. The summed E-state index contributed by atoms with van der Waals surface area (Å²) < 4.78 is 6.03. The number of rotatable bonds is 7. The van der Waals surface area contributed by atoms with Crippen molar-refractivity contribution < 1.29 is 9.53 Å². The second kappa shape index (κ2) is 10.3. The highest BCUT2D eigenvalue weighted by Gasteiger charge is 2.23. The van der Waals surface area contributed by atoms with E-state index in [0.717, 1.165) is 50.6 Å². The number of hydrogen-bond acceptors (Lipinski definition) is 3. The van der Waals surface area contributed by atoms with E-state index in [1.807, 2.05) is 7.05 Å². The Kier molecular flexibility index (Phi) is 7.57. The molecule has 0 aromatic heterocycles. The third-order valence-corrected chi connectivity index (χ3v) is 5.75. The zero-order valence-corrected chi connectivity index (χ0v) is 17.0. The zero-order chi connectivity index (χ0) is 19.8. The molecule has 0 bridgehead atoms. The number of benzene rings is 1. The Bertz CT molecular complexity index is 653. The molecule has 1 amide bonds. The minimum Gasteiger partial charge on any atom is -0.490 e. The first-order valence-electron chi connectivity index (χ1n) is 10.6. The predicted molar refractivity (Wildman–Crippen MR) is 113 cm³/mol. The van der Waals surface area contributed by atoms with Crippen LogP contribution in [-0.4, -0.2) is 49.6 Å². The lowest BCUT2D eigenvalue weighted by atomic mass is 9.95. The number of carbonyl (C=O) groups excluding carboxylic acids is 1. The van der Waals surface area contributed by atoms with Crippen molar-refractivity contribution in [1.29, 1.82) is 0 Å². The highest BCUT2D eigenvalue weighted by atomic mass is 16.5. The molecule has 2 aliphatic rings. The summed E-state index contributed by atoms with van der Waals surface area (Å²) in [6, 6.07) is 8.47. The van der Waals surface area contributed by atoms with Gasteiger partial charge in [-0.25, -0.2) is 0 Å². The van der Waals surface area contributed by atoms with E-state index in [4.69, 9.17) is 10.5 Å². The van der Waals surface area contributed by atoms with E-state index in [-0.39, 0.29) is 5.91 Å². The molecular formula is C22H34N4O2. The number of ether oxygens (including phenoxy) is 1. The van der Waals surface area contributed by atoms with Crippen molar-refractivity contribution >= 4 is 11.9 Å². The van der Waals surface area contributed by atoms with Gasteiger partial charge in [-0.1, -0.05) is 12.1 Å². The summed E-state index contributed by atoms with van der Waals surface area (Å²) in [6.07, 6.45) is 8.87. The molecule has 1 unspecified atom stereocenters. The zero-order valence-electron chi connectivity index (χ0n) is 17.0. The van der Waals surface area contributed by atoms with Gasteiger partial charge in [0.25, 0.3) is 0 Å². The maximum atomic E-state index is 11.2. The molecule has 1 atom stereocenters. The van der Waals surface area contributed by atoms with E-state index in [1.165, 1.54) is 31.2 Å². The number of amides is 1. The van der Waals surface area contributed by atoms with Gasteiger partial charge >= 0.3 is 0 Å². The van der Waals surface area contributed by atoms with Gasteiger partial charge in [0, 0.05) is 33.1 Å². The number of hydrogen-bond donors (Lipinski definition) is 2. The van der Waals surface area contributed by atoms with E-state index in [1.54, 1.807) is 0 Å². The SMILES string of the molecule is CN=C(NCCc1ccc(OC2CCCC2)cc1)N1CCCC(CC(N)=O)C1. The Morgan fingerprint density at radius 2 is 1.96 bits per heavy atom. The van der Waals surface area contributed by atoms with Crippen LogP contribution in [0.25, 0.3) is 0 Å². The van der Waals surface area contributed by atoms with Crippen molar-refractivity contribution in [3.8, 4) is 5.75 Å². The van der Waals surface area contributed by atoms with E-state index >= 15 is 0 Å². The summed E-state index contributed by atoms with van der Waals surface area (Å²) in [5.41, 5.74) is 6.65. The van der Waals surface area contributed by atoms with Gasteiger partial charge in [-0.05, 0) is 68.6 Å². The van der Waals surface area contributed by atoms with Crippen LogP contribution in [0.3, 0.4) is 0 Å². The van der Waals surface area contributed by atoms with Crippen LogP contribution in [0.5, 0.6) is 5.75 Å². The van der Waals surface area contributed by atoms with Gasteiger partial charge in [0.15, 0.2) is 5.96 Å². The molecule has 1 aromatic rings. The van der Waals surface area contributed by atoms with E-state index < -0.39 is 0 Å². The van der Waals surface area contributed by atoms with Crippen LogP contribution >= 0.6 is 0 Å². The van der Waals surface area contributed by atoms with Crippen molar-refractivity contribution in [2.75, 3.05) is 26.7 Å². The largest absolute Gasteiger partial charge is 0.490 e. The van der Waals surface area contributed by atoms with E-state index in [9.17, 15) is 4.79 Å². The molecule has 3 N–H and O–H groups in total. The lowest BCUT2D eigenvalue weighted by Crippen LogP contribution is -2.47. The van der Waals surface area contributed by atoms with Gasteiger partial charge < -0.3 is 20.7 Å². The average Bonchev–Trinajstić information content (AvgIpc) is 3.19. The lowest BCUT2D eigenvalue weighted by Gasteiger charge is -2.34. The minimum atomic E-state index is -0.213. The van der Waals surface area contributed by atoms with Crippen LogP contribution in [-0.2, 0) is 11.2 Å². The molecule has 0 radical (unpaired) electrons. The molecule has 6 nitrogen and oxygen atoms in total. The molecule has 28 heavy (non-hydrogen) atoms. The Balaban J connectivity index is 1.43.